The SMILES string of the molecule is C.C=C(CC(C)C)CC(C)CC1CC=CC(C/C=C\C(C)C)O1. The lowest BCUT2D eigenvalue weighted by Crippen LogP contribution is -2.25. The van der Waals surface area contributed by atoms with Crippen LogP contribution in [-0.4, -0.2) is 12.2 Å². The Labute approximate surface area is 145 Å². The summed E-state index contributed by atoms with van der Waals surface area (Å²) < 4.78 is 6.23. The molecule has 134 valence electrons. The van der Waals surface area contributed by atoms with Crippen LogP contribution < -0.4 is 0 Å². The molecule has 0 aromatic heterocycles. The van der Waals surface area contributed by atoms with Crippen molar-refractivity contribution in [2.75, 3.05) is 0 Å². The van der Waals surface area contributed by atoms with Crippen molar-refractivity contribution in [3.05, 3.63) is 36.5 Å². The Morgan fingerprint density at radius 2 is 1.91 bits per heavy atom. The first kappa shape index (κ1) is 22.2. The summed E-state index contributed by atoms with van der Waals surface area (Å²) in [5.41, 5.74) is 1.39. The maximum Gasteiger partial charge on any atom is 0.0794 e. The van der Waals surface area contributed by atoms with Crippen LogP contribution in [-0.2, 0) is 4.74 Å². The van der Waals surface area contributed by atoms with Crippen molar-refractivity contribution in [2.45, 2.75) is 86.4 Å². The maximum atomic E-state index is 6.23. The van der Waals surface area contributed by atoms with Crippen LogP contribution in [0.1, 0.15) is 74.1 Å². The molecule has 0 saturated carbocycles. The van der Waals surface area contributed by atoms with Crippen molar-refractivity contribution >= 4 is 0 Å². The number of rotatable bonds is 9. The third-order valence-corrected chi connectivity index (χ3v) is 4.01. The molecule has 0 aromatic rings. The minimum atomic E-state index is 0. The number of ether oxygens (including phenoxy) is 1. The molecule has 0 radical (unpaired) electrons. The van der Waals surface area contributed by atoms with Crippen molar-refractivity contribution in [2.24, 2.45) is 17.8 Å². The number of hydrogen-bond donors (Lipinski definition) is 0. The van der Waals surface area contributed by atoms with Gasteiger partial charge in [0, 0.05) is 0 Å². The van der Waals surface area contributed by atoms with Gasteiger partial charge in [0.1, 0.15) is 0 Å². The van der Waals surface area contributed by atoms with Crippen LogP contribution in [0.15, 0.2) is 36.5 Å². The molecular formula is C22H40O. The van der Waals surface area contributed by atoms with E-state index in [0.29, 0.717) is 23.9 Å². The van der Waals surface area contributed by atoms with E-state index < -0.39 is 0 Å². The highest BCUT2D eigenvalue weighted by molar-refractivity contribution is 5.01. The van der Waals surface area contributed by atoms with Crippen LogP contribution in [0, 0.1) is 17.8 Å². The van der Waals surface area contributed by atoms with Crippen LogP contribution in [0.25, 0.3) is 0 Å². The van der Waals surface area contributed by atoms with Crippen molar-refractivity contribution in [1.29, 1.82) is 0 Å². The molecule has 1 aliphatic heterocycles. The second-order valence-corrected chi connectivity index (χ2v) is 7.76. The van der Waals surface area contributed by atoms with Gasteiger partial charge in [0.15, 0.2) is 0 Å². The average Bonchev–Trinajstić information content (AvgIpc) is 2.37. The molecule has 0 aromatic carbocycles. The van der Waals surface area contributed by atoms with Crippen LogP contribution in [0.3, 0.4) is 0 Å². The van der Waals surface area contributed by atoms with Gasteiger partial charge in [-0.15, -0.1) is 0 Å². The van der Waals surface area contributed by atoms with E-state index in [9.17, 15) is 0 Å². The van der Waals surface area contributed by atoms with E-state index in [4.69, 9.17) is 4.74 Å². The fourth-order valence-corrected chi connectivity index (χ4v) is 3.19. The van der Waals surface area contributed by atoms with Gasteiger partial charge >= 0.3 is 0 Å². The van der Waals surface area contributed by atoms with E-state index in [1.807, 2.05) is 0 Å². The molecule has 1 nitrogen and oxygen atoms in total. The van der Waals surface area contributed by atoms with Crippen molar-refractivity contribution in [3.8, 4) is 0 Å². The van der Waals surface area contributed by atoms with Gasteiger partial charge in [-0.3, -0.25) is 0 Å². The van der Waals surface area contributed by atoms with Gasteiger partial charge in [-0.1, -0.05) is 78.5 Å². The topological polar surface area (TPSA) is 9.23 Å². The van der Waals surface area contributed by atoms with Crippen LogP contribution in [0.5, 0.6) is 0 Å². The Morgan fingerprint density at radius 3 is 2.52 bits per heavy atom. The molecule has 0 aliphatic carbocycles. The Balaban J connectivity index is 0.00000484. The van der Waals surface area contributed by atoms with Gasteiger partial charge < -0.3 is 4.74 Å². The van der Waals surface area contributed by atoms with Gasteiger partial charge in [0.25, 0.3) is 0 Å². The first-order chi connectivity index (χ1) is 10.4. The molecule has 0 amide bonds. The summed E-state index contributed by atoms with van der Waals surface area (Å²) in [6.45, 7) is 15.5. The molecular weight excluding hydrogens is 280 g/mol. The van der Waals surface area contributed by atoms with Gasteiger partial charge in [-0.05, 0) is 49.9 Å². The molecule has 1 rings (SSSR count). The third-order valence-electron chi connectivity index (χ3n) is 4.01. The molecule has 0 N–H and O–H groups in total. The monoisotopic (exact) mass is 320 g/mol. The molecule has 1 heteroatoms. The molecule has 0 fully saturated rings. The predicted molar refractivity (Wildman–Crippen MR) is 105 cm³/mol. The highest BCUT2D eigenvalue weighted by atomic mass is 16.5. The van der Waals surface area contributed by atoms with E-state index in [1.165, 1.54) is 5.57 Å². The molecule has 1 heterocycles. The first-order valence-electron chi connectivity index (χ1n) is 9.02. The molecule has 1 aliphatic rings. The van der Waals surface area contributed by atoms with E-state index in [0.717, 1.165) is 32.1 Å². The minimum absolute atomic E-state index is 0. The van der Waals surface area contributed by atoms with Crippen LogP contribution in [0.4, 0.5) is 0 Å². The minimum Gasteiger partial charge on any atom is -0.370 e. The molecule has 0 spiro atoms. The Bertz CT molecular complexity index is 375. The van der Waals surface area contributed by atoms with E-state index in [2.05, 4.69) is 65.5 Å². The van der Waals surface area contributed by atoms with Gasteiger partial charge in [0.2, 0.25) is 0 Å². The highest BCUT2D eigenvalue weighted by Gasteiger charge is 2.20. The van der Waals surface area contributed by atoms with E-state index >= 15 is 0 Å². The highest BCUT2D eigenvalue weighted by Crippen LogP contribution is 2.26. The Morgan fingerprint density at radius 1 is 1.22 bits per heavy atom. The fraction of sp³-hybridized carbons (Fsp3) is 0.727. The zero-order valence-electron chi connectivity index (χ0n) is 15.3. The fourth-order valence-electron chi connectivity index (χ4n) is 3.19. The van der Waals surface area contributed by atoms with Crippen molar-refractivity contribution in [3.63, 3.8) is 0 Å². The standard InChI is InChI=1S/C21H36O.CH4/c1-16(2)9-7-10-20-11-8-12-21(22-20)15-19(6)14-18(5)13-17(3)4;/h7-9,11,16-17,19-21H,5,10,12-15H2,1-4,6H3;1H4/b9-7-;. The summed E-state index contributed by atoms with van der Waals surface area (Å²) in [7, 11) is 0. The lowest BCUT2D eigenvalue weighted by molar-refractivity contribution is -0.00429. The summed E-state index contributed by atoms with van der Waals surface area (Å²) in [6.07, 6.45) is 15.2. The van der Waals surface area contributed by atoms with E-state index in [1.54, 1.807) is 0 Å². The summed E-state index contributed by atoms with van der Waals surface area (Å²) in [4.78, 5) is 0. The van der Waals surface area contributed by atoms with Gasteiger partial charge in [-0.25, -0.2) is 0 Å². The maximum absolute atomic E-state index is 6.23. The van der Waals surface area contributed by atoms with Gasteiger partial charge in [-0.2, -0.15) is 0 Å². The molecule has 23 heavy (non-hydrogen) atoms. The lowest BCUT2D eigenvalue weighted by atomic mass is 9.90. The second-order valence-electron chi connectivity index (χ2n) is 7.76. The second kappa shape index (κ2) is 11.7. The summed E-state index contributed by atoms with van der Waals surface area (Å²) in [5, 5.41) is 0. The number of allylic oxidation sites excluding steroid dienone is 2. The molecule has 0 saturated heterocycles. The lowest BCUT2D eigenvalue weighted by Gasteiger charge is -2.28. The van der Waals surface area contributed by atoms with E-state index in [-0.39, 0.29) is 13.5 Å². The summed E-state index contributed by atoms with van der Waals surface area (Å²) in [6, 6.07) is 0. The molecule has 3 atom stereocenters. The number of hydrogen-bond acceptors (Lipinski definition) is 1. The van der Waals surface area contributed by atoms with Crippen molar-refractivity contribution < 1.29 is 4.74 Å². The largest absolute Gasteiger partial charge is 0.370 e. The van der Waals surface area contributed by atoms with Gasteiger partial charge in [0.05, 0.1) is 12.2 Å². The third kappa shape index (κ3) is 10.5. The smallest absolute Gasteiger partial charge is 0.0794 e. The van der Waals surface area contributed by atoms with Crippen molar-refractivity contribution in [1.82, 2.24) is 0 Å². The normalized spacial score (nSPS) is 22.6. The van der Waals surface area contributed by atoms with Crippen LogP contribution in [0.2, 0.25) is 0 Å². The zero-order valence-corrected chi connectivity index (χ0v) is 15.3. The Kier molecular flexibility index (Phi) is 11.3. The van der Waals surface area contributed by atoms with Crippen LogP contribution >= 0.6 is 0 Å². The molecule has 3 unspecified atom stereocenters. The average molecular weight is 321 g/mol. The zero-order chi connectivity index (χ0) is 16.5. The molecule has 0 bridgehead atoms. The predicted octanol–water partition coefficient (Wildman–Crippen LogP) is 6.96. The summed E-state index contributed by atoms with van der Waals surface area (Å²) in [5.74, 6) is 2.00. The summed E-state index contributed by atoms with van der Waals surface area (Å²) >= 11 is 0. The quantitative estimate of drug-likeness (QED) is 0.417. The Hall–Kier alpha value is -0.820. The first-order valence-corrected chi connectivity index (χ1v) is 9.02.